The SMILES string of the molecule is CN1N=C[C@H]2C=CCC[C@H]21. The summed E-state index contributed by atoms with van der Waals surface area (Å²) in [6.45, 7) is 0. The van der Waals surface area contributed by atoms with Gasteiger partial charge in [0.15, 0.2) is 0 Å². The van der Waals surface area contributed by atoms with Crippen molar-refractivity contribution in [3.63, 3.8) is 0 Å². The molecular formula is C8H12N2. The van der Waals surface area contributed by atoms with Gasteiger partial charge >= 0.3 is 0 Å². The van der Waals surface area contributed by atoms with Gasteiger partial charge in [0.05, 0.1) is 6.04 Å². The van der Waals surface area contributed by atoms with Gasteiger partial charge in [-0.3, -0.25) is 5.01 Å². The largest absolute Gasteiger partial charge is 0.296 e. The van der Waals surface area contributed by atoms with E-state index in [0.717, 1.165) is 0 Å². The number of hydrazone groups is 1. The molecule has 0 saturated carbocycles. The van der Waals surface area contributed by atoms with Crippen LogP contribution in [0.5, 0.6) is 0 Å². The van der Waals surface area contributed by atoms with E-state index >= 15 is 0 Å². The molecule has 0 N–H and O–H groups in total. The summed E-state index contributed by atoms with van der Waals surface area (Å²) in [6, 6.07) is 0.657. The van der Waals surface area contributed by atoms with Gasteiger partial charge in [-0.2, -0.15) is 5.10 Å². The lowest BCUT2D eigenvalue weighted by atomic mass is 9.92. The van der Waals surface area contributed by atoms with E-state index in [1.165, 1.54) is 12.8 Å². The summed E-state index contributed by atoms with van der Waals surface area (Å²) in [4.78, 5) is 0. The van der Waals surface area contributed by atoms with Gasteiger partial charge < -0.3 is 0 Å². The molecule has 0 radical (unpaired) electrons. The first-order chi connectivity index (χ1) is 4.88. The zero-order valence-corrected chi connectivity index (χ0v) is 6.20. The molecular weight excluding hydrogens is 124 g/mol. The maximum Gasteiger partial charge on any atom is 0.0583 e. The van der Waals surface area contributed by atoms with Gasteiger partial charge in [-0.05, 0) is 12.8 Å². The van der Waals surface area contributed by atoms with Crippen LogP contribution in [0.3, 0.4) is 0 Å². The minimum atomic E-state index is 0.596. The van der Waals surface area contributed by atoms with Crippen molar-refractivity contribution in [2.45, 2.75) is 18.9 Å². The number of fused-ring (bicyclic) bond motifs is 1. The summed E-state index contributed by atoms with van der Waals surface area (Å²) in [7, 11) is 2.06. The molecule has 0 fully saturated rings. The Balaban J connectivity index is 2.18. The predicted molar refractivity (Wildman–Crippen MR) is 41.9 cm³/mol. The van der Waals surface area contributed by atoms with Crippen LogP contribution in [0.25, 0.3) is 0 Å². The van der Waals surface area contributed by atoms with E-state index in [2.05, 4.69) is 29.3 Å². The molecule has 0 saturated heterocycles. The molecule has 54 valence electrons. The average molecular weight is 136 g/mol. The molecule has 1 aliphatic heterocycles. The normalized spacial score (nSPS) is 36.7. The van der Waals surface area contributed by atoms with E-state index in [4.69, 9.17) is 0 Å². The first-order valence-corrected chi connectivity index (χ1v) is 3.81. The first kappa shape index (κ1) is 5.96. The summed E-state index contributed by atoms with van der Waals surface area (Å²) in [6.07, 6.45) is 9.04. The molecule has 0 aromatic carbocycles. The maximum atomic E-state index is 4.24. The van der Waals surface area contributed by atoms with Crippen molar-refractivity contribution in [1.29, 1.82) is 0 Å². The molecule has 10 heavy (non-hydrogen) atoms. The van der Waals surface area contributed by atoms with Crippen molar-refractivity contribution in [3.05, 3.63) is 12.2 Å². The Morgan fingerprint density at radius 1 is 1.60 bits per heavy atom. The standard InChI is InChI=1S/C8H12N2/c1-10-8-5-3-2-4-7(8)6-9-10/h2,4,6-8H,3,5H2,1H3/t7-,8-/m1/s1. The Morgan fingerprint density at radius 2 is 2.50 bits per heavy atom. The third kappa shape index (κ3) is 0.753. The Kier molecular flexibility index (Phi) is 1.26. The maximum absolute atomic E-state index is 4.24. The van der Waals surface area contributed by atoms with Crippen molar-refractivity contribution >= 4 is 6.21 Å². The van der Waals surface area contributed by atoms with Crippen LogP contribution >= 0.6 is 0 Å². The number of allylic oxidation sites excluding steroid dienone is 1. The first-order valence-electron chi connectivity index (χ1n) is 3.81. The van der Waals surface area contributed by atoms with Crippen molar-refractivity contribution < 1.29 is 0 Å². The molecule has 2 aliphatic rings. The van der Waals surface area contributed by atoms with Crippen LogP contribution in [0.1, 0.15) is 12.8 Å². The zero-order chi connectivity index (χ0) is 6.97. The molecule has 1 heterocycles. The summed E-state index contributed by atoms with van der Waals surface area (Å²) in [5.41, 5.74) is 0. The highest BCUT2D eigenvalue weighted by molar-refractivity contribution is 5.66. The van der Waals surface area contributed by atoms with Crippen molar-refractivity contribution in [3.8, 4) is 0 Å². The fraction of sp³-hybridized carbons (Fsp3) is 0.625. The number of nitrogens with zero attached hydrogens (tertiary/aromatic N) is 2. The van der Waals surface area contributed by atoms with Crippen LogP contribution in [0, 0.1) is 5.92 Å². The van der Waals surface area contributed by atoms with Crippen molar-refractivity contribution in [2.75, 3.05) is 7.05 Å². The highest BCUT2D eigenvalue weighted by atomic mass is 15.5. The highest BCUT2D eigenvalue weighted by Crippen LogP contribution is 2.25. The Hall–Kier alpha value is -0.790. The van der Waals surface area contributed by atoms with Crippen LogP contribution in [0.15, 0.2) is 17.3 Å². The van der Waals surface area contributed by atoms with Crippen LogP contribution in [-0.2, 0) is 0 Å². The second kappa shape index (κ2) is 2.11. The molecule has 0 spiro atoms. The smallest absolute Gasteiger partial charge is 0.0583 e. The molecule has 0 bridgehead atoms. The predicted octanol–water partition coefficient (Wildman–Crippen LogP) is 1.25. The van der Waals surface area contributed by atoms with Gasteiger partial charge in [0.25, 0.3) is 0 Å². The van der Waals surface area contributed by atoms with Gasteiger partial charge in [-0.25, -0.2) is 0 Å². The van der Waals surface area contributed by atoms with Gasteiger partial charge in [-0.1, -0.05) is 12.2 Å². The molecule has 1 aliphatic carbocycles. The molecule has 0 aromatic heterocycles. The molecule has 2 heteroatoms. The summed E-state index contributed by atoms with van der Waals surface area (Å²) in [5, 5.41) is 6.32. The quantitative estimate of drug-likeness (QED) is 0.458. The zero-order valence-electron chi connectivity index (χ0n) is 6.20. The molecule has 2 rings (SSSR count). The number of rotatable bonds is 0. The fourth-order valence-electron chi connectivity index (χ4n) is 1.69. The molecule has 2 nitrogen and oxygen atoms in total. The van der Waals surface area contributed by atoms with Gasteiger partial charge in [0, 0.05) is 19.2 Å². The molecule has 0 aromatic rings. The van der Waals surface area contributed by atoms with Crippen LogP contribution in [-0.4, -0.2) is 24.3 Å². The van der Waals surface area contributed by atoms with E-state index < -0.39 is 0 Å². The second-order valence-corrected chi connectivity index (χ2v) is 2.99. The van der Waals surface area contributed by atoms with E-state index in [1.807, 2.05) is 6.21 Å². The molecule has 2 atom stereocenters. The Morgan fingerprint density at radius 3 is 3.30 bits per heavy atom. The lowest BCUT2D eigenvalue weighted by Crippen LogP contribution is -2.29. The molecule has 0 unspecified atom stereocenters. The Bertz CT molecular complexity index is 184. The average Bonchev–Trinajstić information content (AvgIpc) is 2.34. The Labute approximate surface area is 61.2 Å². The van der Waals surface area contributed by atoms with Crippen LogP contribution in [0.4, 0.5) is 0 Å². The molecule has 0 amide bonds. The van der Waals surface area contributed by atoms with Gasteiger partial charge in [0.2, 0.25) is 0 Å². The fourth-order valence-corrected chi connectivity index (χ4v) is 1.69. The number of hydrogen-bond acceptors (Lipinski definition) is 2. The van der Waals surface area contributed by atoms with Crippen molar-refractivity contribution in [1.82, 2.24) is 5.01 Å². The van der Waals surface area contributed by atoms with Gasteiger partial charge in [-0.15, -0.1) is 0 Å². The van der Waals surface area contributed by atoms with Crippen LogP contribution < -0.4 is 0 Å². The third-order valence-electron chi connectivity index (χ3n) is 2.33. The third-order valence-corrected chi connectivity index (χ3v) is 2.33. The number of hydrogen-bond donors (Lipinski definition) is 0. The highest BCUT2D eigenvalue weighted by Gasteiger charge is 2.27. The lowest BCUT2D eigenvalue weighted by Gasteiger charge is -2.24. The summed E-state index contributed by atoms with van der Waals surface area (Å²) < 4.78 is 0. The van der Waals surface area contributed by atoms with Crippen LogP contribution in [0.2, 0.25) is 0 Å². The topological polar surface area (TPSA) is 15.6 Å². The van der Waals surface area contributed by atoms with E-state index in [9.17, 15) is 0 Å². The lowest BCUT2D eigenvalue weighted by molar-refractivity contribution is 0.245. The minimum absolute atomic E-state index is 0.596. The summed E-state index contributed by atoms with van der Waals surface area (Å²) in [5.74, 6) is 0.596. The van der Waals surface area contributed by atoms with Gasteiger partial charge in [0.1, 0.15) is 0 Å². The van der Waals surface area contributed by atoms with Crippen molar-refractivity contribution in [2.24, 2.45) is 11.0 Å². The monoisotopic (exact) mass is 136 g/mol. The summed E-state index contributed by atoms with van der Waals surface area (Å²) >= 11 is 0. The minimum Gasteiger partial charge on any atom is -0.296 e. The second-order valence-electron chi connectivity index (χ2n) is 2.99. The van der Waals surface area contributed by atoms with E-state index in [1.54, 1.807) is 0 Å². The van der Waals surface area contributed by atoms with E-state index in [0.29, 0.717) is 12.0 Å². The van der Waals surface area contributed by atoms with E-state index in [-0.39, 0.29) is 0 Å².